The highest BCUT2D eigenvalue weighted by molar-refractivity contribution is 6.06. The van der Waals surface area contributed by atoms with Gasteiger partial charge >= 0.3 is 0 Å². The molecule has 3 rings (SSSR count). The molecule has 0 aliphatic heterocycles. The largest absolute Gasteiger partial charge is 0.457 e. The molecule has 0 amide bonds. The number of aromatic amines is 1. The van der Waals surface area contributed by atoms with Crippen molar-refractivity contribution in [2.24, 2.45) is 0 Å². The number of pyridine rings is 1. The van der Waals surface area contributed by atoms with Crippen LogP contribution in [0.2, 0.25) is 0 Å². The predicted octanol–water partition coefficient (Wildman–Crippen LogP) is 3.53. The lowest BCUT2D eigenvalue weighted by Crippen LogP contribution is -2.06. The Morgan fingerprint density at radius 2 is 1.86 bits per heavy atom. The number of carbonyl (C=O) groups excluding carboxylic acids is 1. The summed E-state index contributed by atoms with van der Waals surface area (Å²) in [5.41, 5.74) is 1.02. The minimum atomic E-state index is -0.302. The third kappa shape index (κ3) is 3.12. The SMILES string of the molecule is O=C(/C=C/c1ccc(-c2ccccc2)o1)c1cc[nH]c(=O)c1. The van der Waals surface area contributed by atoms with Crippen molar-refractivity contribution >= 4 is 11.9 Å². The highest BCUT2D eigenvalue weighted by Gasteiger charge is 2.04. The first-order valence-corrected chi connectivity index (χ1v) is 6.79. The average molecular weight is 291 g/mol. The van der Waals surface area contributed by atoms with Gasteiger partial charge in [-0.3, -0.25) is 9.59 Å². The molecular weight excluding hydrogens is 278 g/mol. The Labute approximate surface area is 126 Å². The van der Waals surface area contributed by atoms with Gasteiger partial charge in [0.2, 0.25) is 5.56 Å². The van der Waals surface area contributed by atoms with Gasteiger partial charge in [-0.2, -0.15) is 0 Å². The van der Waals surface area contributed by atoms with Gasteiger partial charge in [-0.15, -0.1) is 0 Å². The van der Waals surface area contributed by atoms with Gasteiger partial charge in [-0.25, -0.2) is 0 Å². The molecule has 108 valence electrons. The smallest absolute Gasteiger partial charge is 0.248 e. The molecule has 1 aromatic carbocycles. The summed E-state index contributed by atoms with van der Waals surface area (Å²) < 4.78 is 5.67. The Kier molecular flexibility index (Phi) is 3.83. The molecule has 0 spiro atoms. The number of benzene rings is 1. The van der Waals surface area contributed by atoms with Crippen LogP contribution >= 0.6 is 0 Å². The first-order valence-electron chi connectivity index (χ1n) is 6.79. The maximum absolute atomic E-state index is 12.0. The topological polar surface area (TPSA) is 63.1 Å². The molecular formula is C18H13NO3. The third-order valence-corrected chi connectivity index (χ3v) is 3.14. The number of carbonyl (C=O) groups is 1. The quantitative estimate of drug-likeness (QED) is 0.591. The molecule has 0 saturated carbocycles. The summed E-state index contributed by atoms with van der Waals surface area (Å²) in [7, 11) is 0. The first-order chi connectivity index (χ1) is 10.7. The van der Waals surface area contributed by atoms with Gasteiger partial charge in [-0.05, 0) is 30.4 Å². The van der Waals surface area contributed by atoms with Crippen molar-refractivity contribution in [1.82, 2.24) is 4.98 Å². The van der Waals surface area contributed by atoms with Gasteiger partial charge in [0.05, 0.1) is 0 Å². The molecule has 4 nitrogen and oxygen atoms in total. The van der Waals surface area contributed by atoms with E-state index in [0.717, 1.165) is 11.3 Å². The van der Waals surface area contributed by atoms with Crippen LogP contribution in [0.4, 0.5) is 0 Å². The van der Waals surface area contributed by atoms with E-state index < -0.39 is 0 Å². The van der Waals surface area contributed by atoms with Crippen molar-refractivity contribution < 1.29 is 9.21 Å². The fourth-order valence-corrected chi connectivity index (χ4v) is 2.05. The van der Waals surface area contributed by atoms with Crippen molar-refractivity contribution in [3.8, 4) is 11.3 Å². The van der Waals surface area contributed by atoms with Gasteiger partial charge in [0, 0.05) is 23.4 Å². The molecule has 0 aliphatic carbocycles. The maximum Gasteiger partial charge on any atom is 0.248 e. The highest BCUT2D eigenvalue weighted by atomic mass is 16.3. The zero-order chi connectivity index (χ0) is 15.4. The number of rotatable bonds is 4. The molecule has 2 heterocycles. The molecule has 2 aromatic heterocycles. The van der Waals surface area contributed by atoms with E-state index >= 15 is 0 Å². The summed E-state index contributed by atoms with van der Waals surface area (Å²) >= 11 is 0. The molecule has 1 N–H and O–H groups in total. The normalized spacial score (nSPS) is 10.9. The predicted molar refractivity (Wildman–Crippen MR) is 84.6 cm³/mol. The molecule has 0 atom stereocenters. The van der Waals surface area contributed by atoms with E-state index in [1.54, 1.807) is 18.2 Å². The van der Waals surface area contributed by atoms with Crippen molar-refractivity contribution in [3.05, 3.63) is 88.5 Å². The van der Waals surface area contributed by atoms with E-state index in [0.29, 0.717) is 11.3 Å². The van der Waals surface area contributed by atoms with Crippen LogP contribution in [0.3, 0.4) is 0 Å². The first kappa shape index (κ1) is 13.8. The van der Waals surface area contributed by atoms with E-state index in [1.165, 1.54) is 18.3 Å². The molecule has 4 heteroatoms. The molecule has 0 bridgehead atoms. The number of aromatic nitrogens is 1. The molecule has 0 unspecified atom stereocenters. The van der Waals surface area contributed by atoms with E-state index in [1.807, 2.05) is 36.4 Å². The highest BCUT2D eigenvalue weighted by Crippen LogP contribution is 2.22. The van der Waals surface area contributed by atoms with Gasteiger partial charge in [0.15, 0.2) is 5.78 Å². The van der Waals surface area contributed by atoms with Crippen LogP contribution in [0, 0.1) is 0 Å². The molecule has 22 heavy (non-hydrogen) atoms. The van der Waals surface area contributed by atoms with Crippen molar-refractivity contribution in [3.63, 3.8) is 0 Å². The third-order valence-electron chi connectivity index (χ3n) is 3.14. The lowest BCUT2D eigenvalue weighted by molar-refractivity contribution is 0.104. The number of furan rings is 1. The van der Waals surface area contributed by atoms with Crippen LogP contribution in [0.1, 0.15) is 16.1 Å². The zero-order valence-electron chi connectivity index (χ0n) is 11.7. The second kappa shape index (κ2) is 6.10. The fraction of sp³-hybridized carbons (Fsp3) is 0. The Morgan fingerprint density at radius 1 is 1.05 bits per heavy atom. The van der Waals surface area contributed by atoms with E-state index in [9.17, 15) is 9.59 Å². The van der Waals surface area contributed by atoms with E-state index in [2.05, 4.69) is 4.98 Å². The minimum absolute atomic E-state index is 0.247. The summed E-state index contributed by atoms with van der Waals surface area (Å²) in [5.74, 6) is 1.07. The molecule has 0 radical (unpaired) electrons. The van der Waals surface area contributed by atoms with Crippen molar-refractivity contribution in [1.29, 1.82) is 0 Å². The van der Waals surface area contributed by atoms with E-state index in [4.69, 9.17) is 4.42 Å². The van der Waals surface area contributed by atoms with Crippen LogP contribution in [-0.4, -0.2) is 10.8 Å². The Bertz CT molecular complexity index is 872. The van der Waals surface area contributed by atoms with Gasteiger partial charge in [0.25, 0.3) is 0 Å². The second-order valence-corrected chi connectivity index (χ2v) is 4.71. The Hall–Kier alpha value is -3.14. The number of ketones is 1. The summed E-state index contributed by atoms with van der Waals surface area (Å²) in [5, 5.41) is 0. The summed E-state index contributed by atoms with van der Waals surface area (Å²) in [6.07, 6.45) is 4.43. The number of hydrogen-bond acceptors (Lipinski definition) is 3. The summed E-state index contributed by atoms with van der Waals surface area (Å²) in [4.78, 5) is 25.6. The van der Waals surface area contributed by atoms with Crippen LogP contribution in [0.5, 0.6) is 0 Å². The lowest BCUT2D eigenvalue weighted by atomic mass is 10.1. The number of allylic oxidation sites excluding steroid dienone is 1. The Balaban J connectivity index is 1.78. The Morgan fingerprint density at radius 3 is 2.64 bits per heavy atom. The summed E-state index contributed by atoms with van der Waals surface area (Å²) in [6, 6.07) is 16.2. The molecule has 3 aromatic rings. The van der Waals surface area contributed by atoms with Crippen LogP contribution in [-0.2, 0) is 0 Å². The van der Waals surface area contributed by atoms with Crippen molar-refractivity contribution in [2.45, 2.75) is 0 Å². The average Bonchev–Trinajstić information content (AvgIpc) is 3.02. The second-order valence-electron chi connectivity index (χ2n) is 4.71. The monoisotopic (exact) mass is 291 g/mol. The van der Waals surface area contributed by atoms with Gasteiger partial charge in [0.1, 0.15) is 11.5 Å². The van der Waals surface area contributed by atoms with Crippen molar-refractivity contribution in [2.75, 3.05) is 0 Å². The fourth-order valence-electron chi connectivity index (χ4n) is 2.05. The number of nitrogens with one attached hydrogen (secondary N) is 1. The standard InChI is InChI=1S/C18H13NO3/c20-16(14-10-11-19-18(21)12-14)8-6-15-7-9-17(22-15)13-4-2-1-3-5-13/h1-12H,(H,19,21)/b8-6+. The lowest BCUT2D eigenvalue weighted by Gasteiger charge is -1.95. The number of hydrogen-bond donors (Lipinski definition) is 1. The zero-order valence-corrected chi connectivity index (χ0v) is 11.7. The van der Waals surface area contributed by atoms with Crippen LogP contribution in [0.25, 0.3) is 17.4 Å². The molecule has 0 aliphatic rings. The van der Waals surface area contributed by atoms with Gasteiger partial charge in [-0.1, -0.05) is 30.3 Å². The van der Waals surface area contributed by atoms with E-state index in [-0.39, 0.29) is 11.3 Å². The van der Waals surface area contributed by atoms with Crippen LogP contribution < -0.4 is 5.56 Å². The molecule has 0 saturated heterocycles. The maximum atomic E-state index is 12.0. The van der Waals surface area contributed by atoms with Crippen LogP contribution in [0.15, 0.2) is 76.1 Å². The molecule has 0 fully saturated rings. The minimum Gasteiger partial charge on any atom is -0.457 e. The summed E-state index contributed by atoms with van der Waals surface area (Å²) in [6.45, 7) is 0. The van der Waals surface area contributed by atoms with Gasteiger partial charge < -0.3 is 9.40 Å². The number of H-pyrrole nitrogens is 1.